The summed E-state index contributed by atoms with van der Waals surface area (Å²) in [6, 6.07) is 22.2. The second-order valence-corrected chi connectivity index (χ2v) is 21.5. The standard InChI is InChI=1S/C54H71NO14/c1-15-40(62-28-32-24-26-33(61-14)27-25-32)39(55-50(60)65-29-38-36-22-18-16-20-34(36)35-21-17-19-23-37(35)38)30-63-45-44(69-49(59)54(11,12)13)43(68-48(58)53(8,9)10)42(67-47(57)52(5,6)7)41(66-45)31-64-46(56)51(2,3)4/h15-27,38-45H,1,28-31H2,2-14H3,(H,55,60)/t39-,40+,41+,42-,43-,44+,45+/m0/s1. The summed E-state index contributed by atoms with van der Waals surface area (Å²) in [5.74, 6) is -2.31. The molecule has 0 radical (unpaired) electrons. The van der Waals surface area contributed by atoms with Crippen molar-refractivity contribution in [2.45, 2.75) is 138 Å². The molecule has 7 atom stereocenters. The van der Waals surface area contributed by atoms with Gasteiger partial charge in [-0.25, -0.2) is 4.79 Å². The first-order valence-corrected chi connectivity index (χ1v) is 23.3. The van der Waals surface area contributed by atoms with E-state index in [1.807, 2.05) is 60.7 Å². The van der Waals surface area contributed by atoms with Crippen LogP contribution in [0.3, 0.4) is 0 Å². The molecule has 1 saturated heterocycles. The molecule has 0 spiro atoms. The minimum absolute atomic E-state index is 0.0138. The van der Waals surface area contributed by atoms with E-state index < -0.39 is 108 Å². The minimum atomic E-state index is -1.59. The van der Waals surface area contributed by atoms with Crippen molar-refractivity contribution in [2.75, 3.05) is 26.9 Å². The van der Waals surface area contributed by atoms with Crippen molar-refractivity contribution < 1.29 is 66.6 Å². The highest BCUT2D eigenvalue weighted by Crippen LogP contribution is 2.44. The molecule has 2 aliphatic rings. The molecule has 15 nitrogen and oxygen atoms in total. The molecule has 15 heteroatoms. The number of carbonyl (C=O) groups excluding carboxylic acids is 5. The summed E-state index contributed by atoms with van der Waals surface area (Å²) < 4.78 is 54.9. The summed E-state index contributed by atoms with van der Waals surface area (Å²) in [5, 5.41) is 2.91. The van der Waals surface area contributed by atoms with Crippen molar-refractivity contribution in [3.8, 4) is 16.9 Å². The molecule has 1 N–H and O–H groups in total. The van der Waals surface area contributed by atoms with Gasteiger partial charge in [-0.3, -0.25) is 19.2 Å². The van der Waals surface area contributed by atoms with E-state index in [0.717, 1.165) is 27.8 Å². The lowest BCUT2D eigenvalue weighted by molar-refractivity contribution is -0.313. The summed E-state index contributed by atoms with van der Waals surface area (Å²) in [4.78, 5) is 68.7. The Morgan fingerprint density at radius 1 is 0.638 bits per heavy atom. The number of amides is 1. The molecule has 69 heavy (non-hydrogen) atoms. The van der Waals surface area contributed by atoms with Gasteiger partial charge in [-0.2, -0.15) is 0 Å². The number of carbonyl (C=O) groups is 5. The number of nitrogens with one attached hydrogen (secondary N) is 1. The average molecular weight is 958 g/mol. The maximum Gasteiger partial charge on any atom is 0.407 e. The second-order valence-electron chi connectivity index (χ2n) is 21.5. The predicted molar refractivity (Wildman–Crippen MR) is 257 cm³/mol. The third-order valence-electron chi connectivity index (χ3n) is 11.5. The second kappa shape index (κ2) is 22.3. The summed E-state index contributed by atoms with van der Waals surface area (Å²) >= 11 is 0. The molecule has 0 aromatic heterocycles. The van der Waals surface area contributed by atoms with E-state index >= 15 is 0 Å². The number of benzene rings is 3. The normalized spacial score (nSPS) is 20.3. The van der Waals surface area contributed by atoms with Gasteiger partial charge in [0.2, 0.25) is 0 Å². The van der Waals surface area contributed by atoms with Crippen LogP contribution in [0.4, 0.5) is 4.79 Å². The number of hydrogen-bond donors (Lipinski definition) is 1. The number of esters is 4. The number of methoxy groups -OCH3 is 1. The van der Waals surface area contributed by atoms with Crippen LogP contribution in [0, 0.1) is 21.7 Å². The van der Waals surface area contributed by atoms with Gasteiger partial charge in [0.1, 0.15) is 25.1 Å². The van der Waals surface area contributed by atoms with Crippen LogP contribution < -0.4 is 10.1 Å². The third-order valence-corrected chi connectivity index (χ3v) is 11.5. The Hall–Kier alpha value is -5.77. The SMILES string of the molecule is C=C[C@@H](OCc1ccc(OC)cc1)[C@H](CO[C@@H]1O[C@H](COC(=O)C(C)(C)C)[C@H](OC(=O)C(C)(C)C)[C@H](OC(=O)C(C)(C)C)[C@H]1OC(=O)C(C)(C)C)NC(=O)OCC1c2ccccc2-c2ccccc21. The molecule has 1 fully saturated rings. The van der Waals surface area contributed by atoms with Crippen LogP contribution in [0.25, 0.3) is 11.1 Å². The number of fused-ring (bicyclic) bond motifs is 3. The lowest BCUT2D eigenvalue weighted by Crippen LogP contribution is -2.64. The fourth-order valence-corrected chi connectivity index (χ4v) is 7.30. The van der Waals surface area contributed by atoms with Crippen LogP contribution in [0.1, 0.15) is 106 Å². The Morgan fingerprint density at radius 3 is 1.62 bits per heavy atom. The fourth-order valence-electron chi connectivity index (χ4n) is 7.30. The molecule has 1 aliphatic carbocycles. The Kier molecular flexibility index (Phi) is 17.5. The fraction of sp³-hybridized carbons (Fsp3) is 0.537. The van der Waals surface area contributed by atoms with Crippen molar-refractivity contribution in [1.82, 2.24) is 5.32 Å². The predicted octanol–water partition coefficient (Wildman–Crippen LogP) is 8.88. The monoisotopic (exact) mass is 957 g/mol. The van der Waals surface area contributed by atoms with Crippen LogP contribution >= 0.6 is 0 Å². The number of alkyl carbamates (subject to hydrolysis) is 1. The minimum Gasteiger partial charge on any atom is -0.497 e. The first-order valence-electron chi connectivity index (χ1n) is 23.3. The summed E-state index contributed by atoms with van der Waals surface area (Å²) in [5.41, 5.74) is 0.811. The van der Waals surface area contributed by atoms with E-state index in [9.17, 15) is 24.0 Å². The van der Waals surface area contributed by atoms with Gasteiger partial charge in [-0.05, 0) is 123 Å². The summed E-state index contributed by atoms with van der Waals surface area (Å²) in [6.45, 7) is 23.0. The zero-order chi connectivity index (χ0) is 51.1. The van der Waals surface area contributed by atoms with Crippen LogP contribution in [0.5, 0.6) is 5.75 Å². The van der Waals surface area contributed by atoms with Gasteiger partial charge >= 0.3 is 30.0 Å². The maximum atomic E-state index is 14.0. The van der Waals surface area contributed by atoms with Crippen molar-refractivity contribution in [2.24, 2.45) is 21.7 Å². The van der Waals surface area contributed by atoms with Gasteiger partial charge in [0, 0.05) is 5.92 Å². The quantitative estimate of drug-likeness (QED) is 0.0770. The topological polar surface area (TPSA) is 180 Å². The maximum absolute atomic E-state index is 14.0. The zero-order valence-corrected chi connectivity index (χ0v) is 42.4. The van der Waals surface area contributed by atoms with E-state index in [1.165, 1.54) is 6.08 Å². The van der Waals surface area contributed by atoms with Gasteiger partial charge < -0.3 is 47.9 Å². The van der Waals surface area contributed by atoms with Gasteiger partial charge in [0.05, 0.1) is 54.1 Å². The Balaban J connectivity index is 1.52. The number of ether oxygens (including phenoxy) is 9. The number of hydrogen-bond acceptors (Lipinski definition) is 14. The summed E-state index contributed by atoms with van der Waals surface area (Å²) in [6.07, 6.45) is -7.73. The Morgan fingerprint density at radius 2 is 1.13 bits per heavy atom. The van der Waals surface area contributed by atoms with Crippen molar-refractivity contribution in [3.63, 3.8) is 0 Å². The molecular weight excluding hydrogens is 887 g/mol. The van der Waals surface area contributed by atoms with E-state index in [1.54, 1.807) is 102 Å². The lowest BCUT2D eigenvalue weighted by Gasteiger charge is -2.46. The molecule has 376 valence electrons. The summed E-state index contributed by atoms with van der Waals surface area (Å²) in [7, 11) is 1.57. The molecule has 0 bridgehead atoms. The van der Waals surface area contributed by atoms with Gasteiger partial charge in [-0.1, -0.05) is 66.7 Å². The molecule has 1 aliphatic heterocycles. The Labute approximate surface area is 406 Å². The highest BCUT2D eigenvalue weighted by molar-refractivity contribution is 5.80. The van der Waals surface area contributed by atoms with Crippen LogP contribution in [-0.2, 0) is 63.7 Å². The zero-order valence-electron chi connectivity index (χ0n) is 42.4. The van der Waals surface area contributed by atoms with Gasteiger partial charge in [0.15, 0.2) is 24.6 Å². The highest BCUT2D eigenvalue weighted by Gasteiger charge is 2.55. The number of rotatable bonds is 17. The van der Waals surface area contributed by atoms with Gasteiger partial charge in [-0.15, -0.1) is 6.58 Å². The molecule has 3 aromatic carbocycles. The van der Waals surface area contributed by atoms with E-state index in [-0.39, 0.29) is 19.1 Å². The molecule has 1 heterocycles. The molecule has 0 saturated carbocycles. The van der Waals surface area contributed by atoms with Crippen LogP contribution in [0.2, 0.25) is 0 Å². The largest absolute Gasteiger partial charge is 0.497 e. The molecule has 3 aromatic rings. The first-order chi connectivity index (χ1) is 32.2. The van der Waals surface area contributed by atoms with Crippen LogP contribution in [0.15, 0.2) is 85.5 Å². The third kappa shape index (κ3) is 14.2. The molecule has 1 amide bonds. The van der Waals surface area contributed by atoms with Gasteiger partial charge in [0.25, 0.3) is 0 Å². The van der Waals surface area contributed by atoms with E-state index in [4.69, 9.17) is 42.6 Å². The van der Waals surface area contributed by atoms with Crippen LogP contribution in [-0.4, -0.2) is 99.8 Å². The first kappa shape index (κ1) is 54.2. The Bertz CT molecular complexity index is 2230. The lowest BCUT2D eigenvalue weighted by atomic mass is 9.93. The van der Waals surface area contributed by atoms with E-state index in [0.29, 0.717) is 5.75 Å². The molecular formula is C54H71NO14. The smallest absolute Gasteiger partial charge is 0.407 e. The van der Waals surface area contributed by atoms with Crippen molar-refractivity contribution in [3.05, 3.63) is 102 Å². The average Bonchev–Trinajstić information content (AvgIpc) is 3.60. The molecule has 0 unspecified atom stereocenters. The van der Waals surface area contributed by atoms with E-state index in [2.05, 4.69) is 11.9 Å². The van der Waals surface area contributed by atoms with Crippen molar-refractivity contribution in [1.29, 1.82) is 0 Å². The molecule has 5 rings (SSSR count). The highest BCUT2D eigenvalue weighted by atomic mass is 16.7. The van der Waals surface area contributed by atoms with Crippen molar-refractivity contribution >= 4 is 30.0 Å².